The molecule has 0 spiro atoms. The minimum Gasteiger partial charge on any atom is -0.264 e. The lowest BCUT2D eigenvalue weighted by atomic mass is 9.91. The Balaban J connectivity index is 0.945. The third-order valence-corrected chi connectivity index (χ3v) is 9.50. The summed E-state index contributed by atoms with van der Waals surface area (Å²) in [6.45, 7) is 0. The molecular formula is C48H32N6. The fraction of sp³-hybridized carbons (Fsp3) is 0. The van der Waals surface area contributed by atoms with Gasteiger partial charge in [-0.1, -0.05) is 72.8 Å². The first-order valence-electron chi connectivity index (χ1n) is 17.7. The van der Waals surface area contributed by atoms with Crippen molar-refractivity contribution in [3.63, 3.8) is 0 Å². The SMILES string of the molecule is c1cncc(-c2ccc(-c3ccc(-c4cccc(-c5ccccc5-c5cccc(-c6ccc(-c7ccc(-c8cccnc8)nc7)nc6)c5)c4)cn3)cn2)c1. The molecule has 0 aliphatic carbocycles. The van der Waals surface area contributed by atoms with Crippen LogP contribution in [0.1, 0.15) is 0 Å². The highest BCUT2D eigenvalue weighted by atomic mass is 14.7. The molecule has 54 heavy (non-hydrogen) atoms. The largest absolute Gasteiger partial charge is 0.264 e. The predicted octanol–water partition coefficient (Wildman–Crippen LogP) is 11.4. The van der Waals surface area contributed by atoms with Crippen molar-refractivity contribution in [1.82, 2.24) is 29.9 Å². The molecule has 0 radical (unpaired) electrons. The van der Waals surface area contributed by atoms with Gasteiger partial charge in [0.1, 0.15) is 0 Å². The fourth-order valence-electron chi connectivity index (χ4n) is 6.65. The van der Waals surface area contributed by atoms with Crippen LogP contribution in [0.5, 0.6) is 0 Å². The standard InChI is InChI=1S/C48H32N6/c1-2-14-44(36-10-4-8-34(26-36)38-16-20-48(52-30-38)42-18-22-46(54-32-42)40-12-6-24-50-28-40)43(13-1)35-9-3-7-33(25-35)37-15-19-47(51-29-37)41-17-21-45(53-31-41)39-11-5-23-49-27-39/h1-32H. The lowest BCUT2D eigenvalue weighted by molar-refractivity contribution is 1.26. The molecule has 0 atom stereocenters. The van der Waals surface area contributed by atoms with Crippen molar-refractivity contribution < 1.29 is 0 Å². The van der Waals surface area contributed by atoms with Crippen molar-refractivity contribution in [3.8, 4) is 89.5 Å². The molecule has 0 fully saturated rings. The highest BCUT2D eigenvalue weighted by Crippen LogP contribution is 2.36. The molecule has 0 unspecified atom stereocenters. The normalized spacial score (nSPS) is 11.0. The topological polar surface area (TPSA) is 77.3 Å². The van der Waals surface area contributed by atoms with E-state index in [1.54, 1.807) is 12.4 Å². The second kappa shape index (κ2) is 14.7. The zero-order chi connectivity index (χ0) is 36.1. The molecule has 6 nitrogen and oxygen atoms in total. The number of rotatable bonds is 8. The summed E-state index contributed by atoms with van der Waals surface area (Å²) >= 11 is 0. The van der Waals surface area contributed by atoms with E-state index in [4.69, 9.17) is 9.97 Å². The second-order valence-electron chi connectivity index (χ2n) is 12.9. The van der Waals surface area contributed by atoms with Crippen molar-refractivity contribution in [3.05, 3.63) is 195 Å². The van der Waals surface area contributed by atoms with Crippen molar-refractivity contribution in [1.29, 1.82) is 0 Å². The quantitative estimate of drug-likeness (QED) is 0.158. The van der Waals surface area contributed by atoms with Gasteiger partial charge in [0.05, 0.1) is 22.8 Å². The van der Waals surface area contributed by atoms with Gasteiger partial charge >= 0.3 is 0 Å². The Morgan fingerprint density at radius 1 is 0.241 bits per heavy atom. The third kappa shape index (κ3) is 6.79. The molecule has 0 aliphatic heterocycles. The molecule has 6 heterocycles. The molecule has 0 saturated carbocycles. The minimum absolute atomic E-state index is 0.877. The van der Waals surface area contributed by atoms with Crippen LogP contribution in [0.25, 0.3) is 89.5 Å². The summed E-state index contributed by atoms with van der Waals surface area (Å²) in [5.74, 6) is 0. The average Bonchev–Trinajstić information content (AvgIpc) is 3.27. The molecule has 0 bridgehead atoms. The Morgan fingerprint density at radius 2 is 0.593 bits per heavy atom. The van der Waals surface area contributed by atoms with Gasteiger partial charge < -0.3 is 0 Å². The second-order valence-corrected chi connectivity index (χ2v) is 12.9. The van der Waals surface area contributed by atoms with Crippen LogP contribution in [0.4, 0.5) is 0 Å². The molecule has 0 N–H and O–H groups in total. The molecule has 9 rings (SSSR count). The number of aromatic nitrogens is 6. The summed E-state index contributed by atoms with van der Waals surface area (Å²) in [5, 5.41) is 0. The van der Waals surface area contributed by atoms with Gasteiger partial charge in [0.15, 0.2) is 0 Å². The molecular weight excluding hydrogens is 661 g/mol. The van der Waals surface area contributed by atoms with E-state index in [1.165, 1.54) is 0 Å². The van der Waals surface area contributed by atoms with Gasteiger partial charge in [-0.05, 0) is 106 Å². The Hall–Kier alpha value is -7.44. The van der Waals surface area contributed by atoms with E-state index in [-0.39, 0.29) is 0 Å². The Kier molecular flexibility index (Phi) is 8.81. The van der Waals surface area contributed by atoms with Crippen LogP contribution in [-0.2, 0) is 0 Å². The molecule has 0 aliphatic rings. The predicted molar refractivity (Wildman–Crippen MR) is 217 cm³/mol. The van der Waals surface area contributed by atoms with Crippen LogP contribution >= 0.6 is 0 Å². The molecule has 6 aromatic heterocycles. The highest BCUT2D eigenvalue weighted by molar-refractivity contribution is 5.87. The first-order valence-corrected chi connectivity index (χ1v) is 17.7. The van der Waals surface area contributed by atoms with E-state index in [1.807, 2.05) is 73.6 Å². The maximum Gasteiger partial charge on any atom is 0.0717 e. The van der Waals surface area contributed by atoms with Gasteiger partial charge in [0.25, 0.3) is 0 Å². The molecule has 0 amide bonds. The molecule has 6 heteroatoms. The lowest BCUT2D eigenvalue weighted by Crippen LogP contribution is -1.90. The van der Waals surface area contributed by atoms with E-state index in [2.05, 4.69) is 129 Å². The van der Waals surface area contributed by atoms with E-state index in [0.29, 0.717) is 0 Å². The minimum atomic E-state index is 0.877. The maximum absolute atomic E-state index is 4.81. The van der Waals surface area contributed by atoms with Crippen LogP contribution in [-0.4, -0.2) is 29.9 Å². The Morgan fingerprint density at radius 3 is 0.944 bits per heavy atom. The molecule has 9 aromatic rings. The van der Waals surface area contributed by atoms with Gasteiger partial charge in [-0.3, -0.25) is 29.9 Å². The van der Waals surface area contributed by atoms with E-state index in [9.17, 15) is 0 Å². The summed E-state index contributed by atoms with van der Waals surface area (Å²) in [6, 6.07) is 50.2. The zero-order valence-corrected chi connectivity index (χ0v) is 29.2. The van der Waals surface area contributed by atoms with Crippen LogP contribution in [0.2, 0.25) is 0 Å². The first kappa shape index (κ1) is 32.5. The Bertz CT molecular complexity index is 2470. The van der Waals surface area contributed by atoms with Crippen LogP contribution < -0.4 is 0 Å². The fourth-order valence-corrected chi connectivity index (χ4v) is 6.65. The monoisotopic (exact) mass is 692 g/mol. The van der Waals surface area contributed by atoms with E-state index in [0.717, 1.165) is 89.5 Å². The smallest absolute Gasteiger partial charge is 0.0717 e. The molecule has 254 valence electrons. The van der Waals surface area contributed by atoms with Crippen molar-refractivity contribution >= 4 is 0 Å². The van der Waals surface area contributed by atoms with Crippen molar-refractivity contribution in [2.45, 2.75) is 0 Å². The van der Waals surface area contributed by atoms with Gasteiger partial charge in [0.2, 0.25) is 0 Å². The van der Waals surface area contributed by atoms with E-state index >= 15 is 0 Å². The number of pyridine rings is 6. The summed E-state index contributed by atoms with van der Waals surface area (Å²) < 4.78 is 0. The van der Waals surface area contributed by atoms with Gasteiger partial charge in [-0.25, -0.2) is 0 Å². The average molecular weight is 693 g/mol. The Labute approximate surface area is 313 Å². The van der Waals surface area contributed by atoms with Crippen molar-refractivity contribution in [2.75, 3.05) is 0 Å². The van der Waals surface area contributed by atoms with Gasteiger partial charge in [-0.15, -0.1) is 0 Å². The third-order valence-electron chi connectivity index (χ3n) is 9.50. The van der Waals surface area contributed by atoms with Crippen molar-refractivity contribution in [2.24, 2.45) is 0 Å². The summed E-state index contributed by atoms with van der Waals surface area (Å²) in [6.07, 6.45) is 14.8. The number of nitrogens with zero attached hydrogens (tertiary/aromatic N) is 6. The summed E-state index contributed by atoms with van der Waals surface area (Å²) in [5.41, 5.74) is 16.4. The summed E-state index contributed by atoms with van der Waals surface area (Å²) in [7, 11) is 0. The number of benzene rings is 3. The van der Waals surface area contributed by atoms with Crippen LogP contribution in [0.15, 0.2) is 195 Å². The van der Waals surface area contributed by atoms with E-state index < -0.39 is 0 Å². The zero-order valence-electron chi connectivity index (χ0n) is 29.2. The molecule has 3 aromatic carbocycles. The lowest BCUT2D eigenvalue weighted by Gasteiger charge is -2.13. The van der Waals surface area contributed by atoms with Gasteiger partial charge in [0, 0.05) is 83.0 Å². The van der Waals surface area contributed by atoms with Crippen LogP contribution in [0, 0.1) is 0 Å². The van der Waals surface area contributed by atoms with Crippen LogP contribution in [0.3, 0.4) is 0 Å². The first-order chi connectivity index (χ1) is 26.7. The summed E-state index contributed by atoms with van der Waals surface area (Å²) in [4.78, 5) is 27.3. The number of hydrogen-bond donors (Lipinski definition) is 0. The van der Waals surface area contributed by atoms with Gasteiger partial charge in [-0.2, -0.15) is 0 Å². The molecule has 0 saturated heterocycles. The highest BCUT2D eigenvalue weighted by Gasteiger charge is 2.11. The number of hydrogen-bond acceptors (Lipinski definition) is 6. The maximum atomic E-state index is 4.81.